The van der Waals surface area contributed by atoms with Crippen molar-refractivity contribution in [3.05, 3.63) is 58.9 Å². The quantitative estimate of drug-likeness (QED) is 0.849. The first kappa shape index (κ1) is 17.9. The normalized spacial score (nSPS) is 14.3. The minimum absolute atomic E-state index is 0.0469. The maximum absolute atomic E-state index is 13.0. The first-order valence-electron chi connectivity index (χ1n) is 8.65. The molecule has 1 aliphatic heterocycles. The molecule has 2 aromatic rings. The van der Waals surface area contributed by atoms with Crippen molar-refractivity contribution >= 4 is 11.8 Å². The molecule has 26 heavy (non-hydrogen) atoms. The summed E-state index contributed by atoms with van der Waals surface area (Å²) in [4.78, 5) is 33.0. The molecule has 136 valence electrons. The van der Waals surface area contributed by atoms with Gasteiger partial charge in [-0.3, -0.25) is 14.6 Å². The van der Waals surface area contributed by atoms with Crippen molar-refractivity contribution in [2.45, 2.75) is 13.8 Å². The number of pyridine rings is 1. The van der Waals surface area contributed by atoms with Gasteiger partial charge in [-0.15, -0.1) is 0 Å². The molecular formula is C20H23N3O3. The molecule has 0 saturated carbocycles. The SMILES string of the molecule is COc1cc(C)cc(C)c1C(=O)N1CCN(C(=O)c2cccnc2)CC1. The molecule has 6 nitrogen and oxygen atoms in total. The summed E-state index contributed by atoms with van der Waals surface area (Å²) in [5.74, 6) is 0.503. The predicted octanol–water partition coefficient (Wildman–Crippen LogP) is 2.31. The lowest BCUT2D eigenvalue weighted by atomic mass is 10.0. The van der Waals surface area contributed by atoms with Gasteiger partial charge in [0.15, 0.2) is 0 Å². The van der Waals surface area contributed by atoms with Crippen molar-refractivity contribution < 1.29 is 14.3 Å². The number of carbonyl (C=O) groups excluding carboxylic acids is 2. The van der Waals surface area contributed by atoms with Crippen molar-refractivity contribution in [3.63, 3.8) is 0 Å². The van der Waals surface area contributed by atoms with Crippen LogP contribution in [0, 0.1) is 13.8 Å². The number of aryl methyl sites for hydroxylation is 2. The van der Waals surface area contributed by atoms with E-state index < -0.39 is 0 Å². The highest BCUT2D eigenvalue weighted by Gasteiger charge is 2.28. The Balaban J connectivity index is 1.71. The van der Waals surface area contributed by atoms with Crippen LogP contribution in [0.1, 0.15) is 31.8 Å². The van der Waals surface area contributed by atoms with Crippen LogP contribution in [-0.2, 0) is 0 Å². The molecule has 2 heterocycles. The Hall–Kier alpha value is -2.89. The van der Waals surface area contributed by atoms with Crippen LogP contribution >= 0.6 is 0 Å². The third-order valence-corrected chi connectivity index (χ3v) is 4.64. The third kappa shape index (κ3) is 3.54. The first-order chi connectivity index (χ1) is 12.5. The van der Waals surface area contributed by atoms with Crippen LogP contribution in [-0.4, -0.2) is 59.9 Å². The van der Waals surface area contributed by atoms with Gasteiger partial charge >= 0.3 is 0 Å². The summed E-state index contributed by atoms with van der Waals surface area (Å²) in [5.41, 5.74) is 3.14. The van der Waals surface area contributed by atoms with Gasteiger partial charge in [-0.1, -0.05) is 6.07 Å². The van der Waals surface area contributed by atoms with E-state index in [0.29, 0.717) is 43.1 Å². The Morgan fingerprint density at radius 2 is 1.69 bits per heavy atom. The lowest BCUT2D eigenvalue weighted by molar-refractivity contribution is 0.0533. The van der Waals surface area contributed by atoms with Crippen molar-refractivity contribution in [3.8, 4) is 5.75 Å². The fraction of sp³-hybridized carbons (Fsp3) is 0.350. The molecule has 1 aliphatic rings. The summed E-state index contributed by atoms with van der Waals surface area (Å²) in [5, 5.41) is 0. The Labute approximate surface area is 153 Å². The number of methoxy groups -OCH3 is 1. The van der Waals surface area contributed by atoms with Gasteiger partial charge in [-0.2, -0.15) is 0 Å². The van der Waals surface area contributed by atoms with Crippen LogP contribution in [0.3, 0.4) is 0 Å². The largest absolute Gasteiger partial charge is 0.496 e. The van der Waals surface area contributed by atoms with Crippen LogP contribution in [0.5, 0.6) is 5.75 Å². The van der Waals surface area contributed by atoms with E-state index in [1.165, 1.54) is 0 Å². The number of rotatable bonds is 3. The van der Waals surface area contributed by atoms with Crippen molar-refractivity contribution in [2.24, 2.45) is 0 Å². The smallest absolute Gasteiger partial charge is 0.258 e. The number of hydrogen-bond donors (Lipinski definition) is 0. The second-order valence-electron chi connectivity index (χ2n) is 6.49. The number of nitrogens with zero attached hydrogens (tertiary/aromatic N) is 3. The fourth-order valence-corrected chi connectivity index (χ4v) is 3.31. The van der Waals surface area contributed by atoms with Crippen LogP contribution < -0.4 is 4.74 Å². The van der Waals surface area contributed by atoms with Crippen LogP contribution in [0.4, 0.5) is 0 Å². The van der Waals surface area contributed by atoms with E-state index >= 15 is 0 Å². The maximum Gasteiger partial charge on any atom is 0.258 e. The van der Waals surface area contributed by atoms with E-state index in [0.717, 1.165) is 11.1 Å². The molecule has 1 aromatic carbocycles. The lowest BCUT2D eigenvalue weighted by Gasteiger charge is -2.35. The Morgan fingerprint density at radius 3 is 2.27 bits per heavy atom. The fourth-order valence-electron chi connectivity index (χ4n) is 3.31. The number of ether oxygens (including phenoxy) is 1. The van der Waals surface area contributed by atoms with E-state index in [4.69, 9.17) is 4.74 Å². The van der Waals surface area contributed by atoms with E-state index in [1.54, 1.807) is 41.4 Å². The highest BCUT2D eigenvalue weighted by Crippen LogP contribution is 2.26. The summed E-state index contributed by atoms with van der Waals surface area (Å²) in [6.45, 7) is 5.92. The number of piperazine rings is 1. The van der Waals surface area contributed by atoms with Gasteiger partial charge in [-0.25, -0.2) is 0 Å². The monoisotopic (exact) mass is 353 g/mol. The molecule has 0 spiro atoms. The van der Waals surface area contributed by atoms with Gasteiger partial charge < -0.3 is 14.5 Å². The summed E-state index contributed by atoms with van der Waals surface area (Å²) < 4.78 is 5.42. The molecule has 0 N–H and O–H groups in total. The molecule has 1 aromatic heterocycles. The highest BCUT2D eigenvalue weighted by molar-refractivity contribution is 5.99. The third-order valence-electron chi connectivity index (χ3n) is 4.64. The molecule has 0 radical (unpaired) electrons. The lowest BCUT2D eigenvalue weighted by Crippen LogP contribution is -2.50. The minimum Gasteiger partial charge on any atom is -0.496 e. The number of amides is 2. The molecular weight excluding hydrogens is 330 g/mol. The summed E-state index contributed by atoms with van der Waals surface area (Å²) in [7, 11) is 1.58. The first-order valence-corrected chi connectivity index (χ1v) is 8.65. The van der Waals surface area contributed by atoms with E-state index in [2.05, 4.69) is 4.98 Å². The minimum atomic E-state index is -0.0483. The standard InChI is InChI=1S/C20H23N3O3/c1-14-11-15(2)18(17(12-14)26-3)20(25)23-9-7-22(8-10-23)19(24)16-5-4-6-21-13-16/h4-6,11-13H,7-10H2,1-3H3. The summed E-state index contributed by atoms with van der Waals surface area (Å²) in [6.07, 6.45) is 3.21. The molecule has 6 heteroatoms. The van der Waals surface area contributed by atoms with Gasteiger partial charge in [0.2, 0.25) is 0 Å². The average molecular weight is 353 g/mol. The Kier molecular flexibility index (Phi) is 5.21. The van der Waals surface area contributed by atoms with Gasteiger partial charge in [0.1, 0.15) is 5.75 Å². The van der Waals surface area contributed by atoms with Gasteiger partial charge in [0.05, 0.1) is 18.2 Å². The molecule has 0 atom stereocenters. The van der Waals surface area contributed by atoms with Gasteiger partial charge in [0, 0.05) is 38.6 Å². The van der Waals surface area contributed by atoms with Crippen molar-refractivity contribution in [1.82, 2.24) is 14.8 Å². The van der Waals surface area contributed by atoms with Gasteiger partial charge in [-0.05, 0) is 43.2 Å². The summed E-state index contributed by atoms with van der Waals surface area (Å²) >= 11 is 0. The number of benzene rings is 1. The number of aromatic nitrogens is 1. The van der Waals surface area contributed by atoms with Crippen LogP contribution in [0.2, 0.25) is 0 Å². The molecule has 0 bridgehead atoms. The molecule has 2 amide bonds. The zero-order valence-electron chi connectivity index (χ0n) is 15.4. The zero-order valence-corrected chi connectivity index (χ0v) is 15.4. The summed E-state index contributed by atoms with van der Waals surface area (Å²) in [6, 6.07) is 7.37. The zero-order chi connectivity index (χ0) is 18.7. The average Bonchev–Trinajstić information content (AvgIpc) is 2.67. The van der Waals surface area contributed by atoms with Crippen LogP contribution in [0.15, 0.2) is 36.7 Å². The van der Waals surface area contributed by atoms with Gasteiger partial charge in [0.25, 0.3) is 11.8 Å². The van der Waals surface area contributed by atoms with E-state index in [1.807, 2.05) is 26.0 Å². The molecule has 1 fully saturated rings. The Morgan fingerprint density at radius 1 is 1.04 bits per heavy atom. The van der Waals surface area contributed by atoms with Crippen LogP contribution in [0.25, 0.3) is 0 Å². The van der Waals surface area contributed by atoms with Crippen molar-refractivity contribution in [1.29, 1.82) is 0 Å². The maximum atomic E-state index is 13.0. The Bertz CT molecular complexity index is 813. The highest BCUT2D eigenvalue weighted by atomic mass is 16.5. The second kappa shape index (κ2) is 7.56. The van der Waals surface area contributed by atoms with E-state index in [9.17, 15) is 9.59 Å². The van der Waals surface area contributed by atoms with Crippen molar-refractivity contribution in [2.75, 3.05) is 33.3 Å². The number of carbonyl (C=O) groups is 2. The second-order valence-corrected chi connectivity index (χ2v) is 6.49. The molecule has 3 rings (SSSR count). The molecule has 0 aliphatic carbocycles. The topological polar surface area (TPSA) is 62.7 Å². The number of hydrogen-bond acceptors (Lipinski definition) is 4. The van der Waals surface area contributed by atoms with E-state index in [-0.39, 0.29) is 11.8 Å². The molecule has 0 unspecified atom stereocenters. The predicted molar refractivity (Wildman–Crippen MR) is 98.5 cm³/mol. The molecule has 1 saturated heterocycles.